The van der Waals surface area contributed by atoms with Crippen LogP contribution in [-0.4, -0.2) is 39.3 Å². The van der Waals surface area contributed by atoms with Crippen LogP contribution in [0.3, 0.4) is 0 Å². The second kappa shape index (κ2) is 6.06. The molecule has 0 unspecified atom stereocenters. The van der Waals surface area contributed by atoms with Gasteiger partial charge < -0.3 is 14.9 Å². The highest BCUT2D eigenvalue weighted by molar-refractivity contribution is 6.05. The predicted octanol–water partition coefficient (Wildman–Crippen LogP) is 2.21. The minimum atomic E-state index is -1.40. The third kappa shape index (κ3) is 2.39. The number of phenolic OH excluding ortho intramolecular Hbond substituents is 1. The van der Waals surface area contributed by atoms with Crippen molar-refractivity contribution in [3.63, 3.8) is 0 Å². The van der Waals surface area contributed by atoms with Crippen molar-refractivity contribution in [2.24, 2.45) is 23.7 Å². The van der Waals surface area contributed by atoms with Crippen molar-refractivity contribution in [1.82, 2.24) is 4.90 Å². The Kier molecular flexibility index (Phi) is 4.08. The van der Waals surface area contributed by atoms with Gasteiger partial charge in [0.2, 0.25) is 11.8 Å². The summed E-state index contributed by atoms with van der Waals surface area (Å²) < 4.78 is 6.07. The predicted molar refractivity (Wildman–Crippen MR) is 92.8 cm³/mol. The van der Waals surface area contributed by atoms with Crippen LogP contribution in [0.2, 0.25) is 0 Å². The molecule has 4 rings (SSSR count). The van der Waals surface area contributed by atoms with Gasteiger partial charge in [-0.1, -0.05) is 26.0 Å². The van der Waals surface area contributed by atoms with Crippen LogP contribution < -0.4 is 0 Å². The smallest absolute Gasteiger partial charge is 0.233 e. The molecule has 0 bridgehead atoms. The molecule has 1 saturated carbocycles. The van der Waals surface area contributed by atoms with Crippen LogP contribution in [0.1, 0.15) is 44.8 Å². The van der Waals surface area contributed by atoms with Crippen LogP contribution in [0.25, 0.3) is 0 Å². The molecule has 2 aliphatic heterocycles. The number of phenols is 1. The normalized spacial score (nSPS) is 39.2. The summed E-state index contributed by atoms with van der Waals surface area (Å²) in [7, 11) is 0. The molecule has 2 N–H and O–H groups in total. The number of fused-ring (bicyclic) bond motifs is 3. The molecule has 1 aromatic carbocycles. The van der Waals surface area contributed by atoms with Gasteiger partial charge in [0.15, 0.2) is 5.79 Å². The first-order chi connectivity index (χ1) is 12.4. The summed E-state index contributed by atoms with van der Waals surface area (Å²) in [5.74, 6) is -2.96. The van der Waals surface area contributed by atoms with Crippen LogP contribution in [-0.2, 0) is 14.3 Å². The van der Waals surface area contributed by atoms with Gasteiger partial charge in [-0.2, -0.15) is 0 Å². The Balaban J connectivity index is 1.66. The van der Waals surface area contributed by atoms with Crippen molar-refractivity contribution >= 4 is 11.8 Å². The molecule has 0 aromatic heterocycles. The number of ether oxygens (including phenoxy) is 1. The van der Waals surface area contributed by atoms with Crippen LogP contribution in [0.4, 0.5) is 0 Å². The molecule has 6 heteroatoms. The number of benzene rings is 1. The summed E-state index contributed by atoms with van der Waals surface area (Å²) in [6.07, 6.45) is 1.33. The zero-order chi connectivity index (χ0) is 18.6. The molecule has 1 aromatic rings. The average molecular weight is 359 g/mol. The Labute approximate surface area is 152 Å². The highest BCUT2D eigenvalue weighted by atomic mass is 16.6. The van der Waals surface area contributed by atoms with E-state index in [4.69, 9.17) is 4.74 Å². The van der Waals surface area contributed by atoms with Crippen molar-refractivity contribution in [2.75, 3.05) is 6.54 Å². The van der Waals surface area contributed by atoms with Gasteiger partial charge >= 0.3 is 0 Å². The molecule has 2 amide bonds. The maximum Gasteiger partial charge on any atom is 0.233 e. The number of aliphatic hydroxyl groups is 1. The fourth-order valence-electron chi connectivity index (χ4n) is 5.05. The summed E-state index contributed by atoms with van der Waals surface area (Å²) in [6, 6.07) is 6.72. The van der Waals surface area contributed by atoms with Crippen LogP contribution >= 0.6 is 0 Å². The third-order valence-corrected chi connectivity index (χ3v) is 6.36. The van der Waals surface area contributed by atoms with E-state index in [-0.39, 0.29) is 35.5 Å². The quantitative estimate of drug-likeness (QED) is 0.808. The number of hydrogen-bond acceptors (Lipinski definition) is 5. The molecule has 6 atom stereocenters. The molecule has 3 aliphatic rings. The molecule has 3 fully saturated rings. The number of rotatable bonds is 3. The Hall–Kier alpha value is -1.92. The number of nitrogens with zero attached hydrogens (tertiary/aromatic N) is 1. The van der Waals surface area contributed by atoms with Gasteiger partial charge in [0.1, 0.15) is 5.75 Å². The third-order valence-electron chi connectivity index (χ3n) is 6.36. The Bertz CT molecular complexity index is 732. The maximum atomic E-state index is 12.9. The molecular formula is C20H25NO5. The number of carbonyl (C=O) groups excluding carboxylic acids is 2. The highest BCUT2D eigenvalue weighted by Crippen LogP contribution is 2.58. The number of hydrogen-bond donors (Lipinski definition) is 2. The maximum absolute atomic E-state index is 12.9. The molecule has 26 heavy (non-hydrogen) atoms. The van der Waals surface area contributed by atoms with E-state index in [1.807, 2.05) is 13.8 Å². The summed E-state index contributed by atoms with van der Waals surface area (Å²) in [5.41, 5.74) is 0.858. The summed E-state index contributed by atoms with van der Waals surface area (Å²) in [4.78, 5) is 27.0. The van der Waals surface area contributed by atoms with E-state index in [1.165, 1.54) is 4.90 Å². The summed E-state index contributed by atoms with van der Waals surface area (Å²) >= 11 is 0. The largest absolute Gasteiger partial charge is 0.508 e. The van der Waals surface area contributed by atoms with E-state index in [2.05, 4.69) is 0 Å². The van der Waals surface area contributed by atoms with Crippen molar-refractivity contribution < 1.29 is 24.5 Å². The highest BCUT2D eigenvalue weighted by Gasteiger charge is 2.65. The molecule has 0 spiro atoms. The lowest BCUT2D eigenvalue weighted by Gasteiger charge is -2.43. The minimum absolute atomic E-state index is 0.0937. The molecule has 0 radical (unpaired) electrons. The Morgan fingerprint density at radius 3 is 2.54 bits per heavy atom. The fourth-order valence-corrected chi connectivity index (χ4v) is 5.05. The lowest BCUT2D eigenvalue weighted by atomic mass is 9.65. The molecule has 140 valence electrons. The zero-order valence-corrected chi connectivity index (χ0v) is 15.1. The van der Waals surface area contributed by atoms with Gasteiger partial charge in [-0.25, -0.2) is 0 Å². The van der Waals surface area contributed by atoms with E-state index < -0.39 is 17.6 Å². The number of imide groups is 1. The van der Waals surface area contributed by atoms with E-state index in [1.54, 1.807) is 24.3 Å². The molecule has 2 saturated heterocycles. The summed E-state index contributed by atoms with van der Waals surface area (Å²) in [5, 5.41) is 20.8. The first-order valence-electron chi connectivity index (χ1n) is 9.41. The standard InChI is InChI=1S/C20H25NO5/c1-3-8-21-18(23)14-9-11(2)20(25)15(17(14)19(21)24)10-16(26-20)12-4-6-13(22)7-5-12/h4-7,11,14-17,22,25H,3,8-10H2,1-2H3/t11-,14-,15-,16-,17-,20+/m0/s1. The van der Waals surface area contributed by atoms with E-state index in [0.717, 1.165) is 12.0 Å². The first kappa shape index (κ1) is 17.5. The van der Waals surface area contributed by atoms with Gasteiger partial charge in [-0.05, 0) is 37.0 Å². The van der Waals surface area contributed by atoms with Crippen molar-refractivity contribution in [2.45, 2.75) is 45.0 Å². The molecular weight excluding hydrogens is 334 g/mol. The van der Waals surface area contributed by atoms with Gasteiger partial charge in [0.25, 0.3) is 0 Å². The first-order valence-corrected chi connectivity index (χ1v) is 9.41. The monoisotopic (exact) mass is 359 g/mol. The molecule has 6 nitrogen and oxygen atoms in total. The van der Waals surface area contributed by atoms with Crippen LogP contribution in [0.15, 0.2) is 24.3 Å². The Morgan fingerprint density at radius 2 is 1.88 bits per heavy atom. The number of likely N-dealkylation sites (tertiary alicyclic amines) is 1. The Morgan fingerprint density at radius 1 is 1.19 bits per heavy atom. The zero-order valence-electron chi connectivity index (χ0n) is 15.1. The summed E-state index contributed by atoms with van der Waals surface area (Å²) in [6.45, 7) is 4.27. The number of carbonyl (C=O) groups is 2. The minimum Gasteiger partial charge on any atom is -0.508 e. The number of aromatic hydroxyl groups is 1. The second-order valence-corrected chi connectivity index (χ2v) is 7.89. The SMILES string of the molecule is CCCN1C(=O)[C@H]2[C@H](C[C@H](C)[C@@]3(O)O[C@H](c4ccc(O)cc4)C[C@@H]23)C1=O. The van der Waals surface area contributed by atoms with Crippen LogP contribution in [0, 0.1) is 23.7 Å². The van der Waals surface area contributed by atoms with Crippen molar-refractivity contribution in [3.8, 4) is 5.75 Å². The van der Waals surface area contributed by atoms with E-state index in [0.29, 0.717) is 19.4 Å². The van der Waals surface area contributed by atoms with Crippen molar-refractivity contribution in [3.05, 3.63) is 29.8 Å². The fraction of sp³-hybridized carbons (Fsp3) is 0.600. The topological polar surface area (TPSA) is 87.1 Å². The lowest BCUT2D eigenvalue weighted by Crippen LogP contribution is -2.52. The van der Waals surface area contributed by atoms with Gasteiger partial charge in [0, 0.05) is 18.4 Å². The van der Waals surface area contributed by atoms with Crippen LogP contribution in [0.5, 0.6) is 5.75 Å². The van der Waals surface area contributed by atoms with Gasteiger partial charge in [-0.3, -0.25) is 14.5 Å². The van der Waals surface area contributed by atoms with Gasteiger partial charge in [-0.15, -0.1) is 0 Å². The lowest BCUT2D eigenvalue weighted by molar-refractivity contribution is -0.265. The number of amides is 2. The van der Waals surface area contributed by atoms with E-state index in [9.17, 15) is 19.8 Å². The average Bonchev–Trinajstić information content (AvgIpc) is 3.08. The molecule has 1 aliphatic carbocycles. The van der Waals surface area contributed by atoms with Crippen molar-refractivity contribution in [1.29, 1.82) is 0 Å². The van der Waals surface area contributed by atoms with E-state index >= 15 is 0 Å². The molecule has 2 heterocycles. The second-order valence-electron chi connectivity index (χ2n) is 7.89. The van der Waals surface area contributed by atoms with Gasteiger partial charge in [0.05, 0.1) is 17.9 Å².